The van der Waals surface area contributed by atoms with E-state index < -0.39 is 17.6 Å². The van der Waals surface area contributed by atoms with Gasteiger partial charge in [-0.2, -0.15) is 5.26 Å². The summed E-state index contributed by atoms with van der Waals surface area (Å²) in [6.45, 7) is 3.18. The van der Waals surface area contributed by atoms with Crippen LogP contribution in [0.4, 0.5) is 14.6 Å². The summed E-state index contributed by atoms with van der Waals surface area (Å²) in [4.78, 5) is 15.8. The van der Waals surface area contributed by atoms with E-state index in [1.54, 1.807) is 12.1 Å². The summed E-state index contributed by atoms with van der Waals surface area (Å²) in [7, 11) is 0. The highest BCUT2D eigenvalue weighted by atomic mass is 19.1. The van der Waals surface area contributed by atoms with Crippen LogP contribution in [0.1, 0.15) is 41.5 Å². The molecule has 2 aliphatic rings. The van der Waals surface area contributed by atoms with Gasteiger partial charge < -0.3 is 9.69 Å². The van der Waals surface area contributed by atoms with E-state index in [9.17, 15) is 13.6 Å². The standard InChI is InChI=1S/C21H21F2N5O/c22-18-9-15(10-19(23)21(18)14-1-2-14)16(13-29)12-27-5-7-28(8-6-27)20-4-3-17(11-24)25-26-20/h3-4,9-10,13-14,16H,1-2,5-8,12H2. The van der Waals surface area contributed by atoms with E-state index in [4.69, 9.17) is 5.26 Å². The second-order valence-electron chi connectivity index (χ2n) is 7.59. The monoisotopic (exact) mass is 397 g/mol. The van der Waals surface area contributed by atoms with Crippen molar-refractivity contribution in [3.8, 4) is 6.07 Å². The van der Waals surface area contributed by atoms with Gasteiger partial charge in [0, 0.05) is 38.3 Å². The number of hydrogen-bond donors (Lipinski definition) is 0. The van der Waals surface area contributed by atoms with Crippen molar-refractivity contribution in [3.05, 3.63) is 52.7 Å². The zero-order valence-corrected chi connectivity index (χ0v) is 15.9. The highest BCUT2D eigenvalue weighted by Gasteiger charge is 2.31. The Bertz CT molecular complexity index is 908. The van der Waals surface area contributed by atoms with E-state index in [1.807, 2.05) is 6.07 Å². The molecule has 0 bridgehead atoms. The number of aldehydes is 1. The Morgan fingerprint density at radius 3 is 2.34 bits per heavy atom. The highest BCUT2D eigenvalue weighted by molar-refractivity contribution is 5.63. The summed E-state index contributed by atoms with van der Waals surface area (Å²) >= 11 is 0. The molecule has 1 saturated heterocycles. The largest absolute Gasteiger partial charge is 0.353 e. The van der Waals surface area contributed by atoms with Crippen LogP contribution in [0.15, 0.2) is 24.3 Å². The van der Waals surface area contributed by atoms with Crippen molar-refractivity contribution in [2.75, 3.05) is 37.6 Å². The lowest BCUT2D eigenvalue weighted by molar-refractivity contribution is -0.109. The van der Waals surface area contributed by atoms with Crippen LogP contribution < -0.4 is 4.90 Å². The lowest BCUT2D eigenvalue weighted by Crippen LogP contribution is -2.48. The molecule has 0 amide bonds. The molecular formula is C21H21F2N5O. The average Bonchev–Trinajstić information content (AvgIpc) is 3.57. The lowest BCUT2D eigenvalue weighted by atomic mass is 9.96. The van der Waals surface area contributed by atoms with Gasteiger partial charge in [0.2, 0.25) is 0 Å². The number of aromatic nitrogens is 2. The van der Waals surface area contributed by atoms with E-state index in [2.05, 4.69) is 20.0 Å². The van der Waals surface area contributed by atoms with Gasteiger partial charge >= 0.3 is 0 Å². The van der Waals surface area contributed by atoms with Crippen LogP contribution in [0.25, 0.3) is 0 Å². The molecule has 6 nitrogen and oxygen atoms in total. The molecule has 150 valence electrons. The molecule has 2 heterocycles. The second-order valence-corrected chi connectivity index (χ2v) is 7.59. The molecule has 0 radical (unpaired) electrons. The Morgan fingerprint density at radius 1 is 1.14 bits per heavy atom. The number of carbonyl (C=O) groups is 1. The Labute approximate surface area is 167 Å². The molecule has 29 heavy (non-hydrogen) atoms. The summed E-state index contributed by atoms with van der Waals surface area (Å²) in [6, 6.07) is 7.97. The molecule has 0 spiro atoms. The van der Waals surface area contributed by atoms with Crippen molar-refractivity contribution in [2.24, 2.45) is 0 Å². The van der Waals surface area contributed by atoms with E-state index in [0.29, 0.717) is 44.1 Å². The van der Waals surface area contributed by atoms with E-state index in [-0.39, 0.29) is 17.2 Å². The molecule has 2 aromatic rings. The number of nitrogens with zero attached hydrogens (tertiary/aromatic N) is 5. The number of rotatable bonds is 6. The minimum atomic E-state index is -0.575. The Kier molecular flexibility index (Phi) is 5.49. The first-order valence-electron chi connectivity index (χ1n) is 9.74. The van der Waals surface area contributed by atoms with Gasteiger partial charge in [-0.05, 0) is 48.6 Å². The SMILES string of the molecule is N#Cc1ccc(N2CCN(CC(C=O)c3cc(F)c(C4CC4)c(F)c3)CC2)nn1. The molecule has 1 aromatic carbocycles. The number of benzene rings is 1. The number of halogens is 2. The Morgan fingerprint density at radius 2 is 1.83 bits per heavy atom. The quantitative estimate of drug-likeness (QED) is 0.698. The minimum absolute atomic E-state index is 0.0165. The summed E-state index contributed by atoms with van der Waals surface area (Å²) in [5.74, 6) is -0.974. The van der Waals surface area contributed by atoms with Crippen LogP contribution in [0.2, 0.25) is 0 Å². The molecular weight excluding hydrogens is 376 g/mol. The molecule has 1 aromatic heterocycles. The maximum atomic E-state index is 14.4. The third-order valence-electron chi connectivity index (χ3n) is 5.60. The molecule has 1 atom stereocenters. The summed E-state index contributed by atoms with van der Waals surface area (Å²) in [6.07, 6.45) is 2.40. The van der Waals surface area contributed by atoms with E-state index >= 15 is 0 Å². The summed E-state index contributed by atoms with van der Waals surface area (Å²) in [5.41, 5.74) is 0.823. The number of nitriles is 1. The fourth-order valence-corrected chi connectivity index (χ4v) is 3.80. The normalized spacial score (nSPS) is 18.3. The van der Waals surface area contributed by atoms with Gasteiger partial charge in [0.1, 0.15) is 24.0 Å². The summed E-state index contributed by atoms with van der Waals surface area (Å²) in [5, 5.41) is 16.7. The van der Waals surface area contributed by atoms with Gasteiger partial charge in [0.15, 0.2) is 11.5 Å². The fraction of sp³-hybridized carbons (Fsp3) is 0.429. The van der Waals surface area contributed by atoms with E-state index in [0.717, 1.165) is 19.1 Å². The van der Waals surface area contributed by atoms with Crippen LogP contribution in [-0.4, -0.2) is 54.1 Å². The van der Waals surface area contributed by atoms with Crippen LogP contribution in [0.5, 0.6) is 0 Å². The van der Waals surface area contributed by atoms with Crippen LogP contribution >= 0.6 is 0 Å². The van der Waals surface area contributed by atoms with Crippen molar-refractivity contribution in [1.82, 2.24) is 15.1 Å². The number of piperazine rings is 1. The predicted octanol–water partition coefficient (Wildman–Crippen LogP) is 2.61. The molecule has 1 unspecified atom stereocenters. The van der Waals surface area contributed by atoms with Crippen molar-refractivity contribution >= 4 is 12.1 Å². The smallest absolute Gasteiger partial charge is 0.163 e. The van der Waals surface area contributed by atoms with Crippen molar-refractivity contribution < 1.29 is 13.6 Å². The highest BCUT2D eigenvalue weighted by Crippen LogP contribution is 2.43. The van der Waals surface area contributed by atoms with Gasteiger partial charge in [-0.25, -0.2) is 8.78 Å². The van der Waals surface area contributed by atoms with Gasteiger partial charge in [-0.15, -0.1) is 10.2 Å². The van der Waals surface area contributed by atoms with Crippen molar-refractivity contribution in [3.63, 3.8) is 0 Å². The van der Waals surface area contributed by atoms with E-state index in [1.165, 1.54) is 12.1 Å². The lowest BCUT2D eigenvalue weighted by Gasteiger charge is -2.36. The first kappa shape index (κ1) is 19.4. The Hall–Kier alpha value is -2.92. The zero-order valence-electron chi connectivity index (χ0n) is 15.9. The van der Waals surface area contributed by atoms with Gasteiger partial charge in [0.25, 0.3) is 0 Å². The van der Waals surface area contributed by atoms with Crippen LogP contribution in [0, 0.1) is 23.0 Å². The number of carbonyl (C=O) groups excluding carboxylic acids is 1. The molecule has 1 saturated carbocycles. The second kappa shape index (κ2) is 8.21. The molecule has 1 aliphatic heterocycles. The molecule has 0 N–H and O–H groups in total. The first-order valence-corrected chi connectivity index (χ1v) is 9.74. The molecule has 2 fully saturated rings. The minimum Gasteiger partial charge on any atom is -0.353 e. The van der Waals surface area contributed by atoms with Crippen molar-refractivity contribution in [2.45, 2.75) is 24.7 Å². The topological polar surface area (TPSA) is 73.1 Å². The molecule has 1 aliphatic carbocycles. The first-order chi connectivity index (χ1) is 14.1. The maximum absolute atomic E-state index is 14.4. The average molecular weight is 397 g/mol. The fourth-order valence-electron chi connectivity index (χ4n) is 3.80. The third kappa shape index (κ3) is 4.25. The zero-order chi connectivity index (χ0) is 20.4. The maximum Gasteiger partial charge on any atom is 0.163 e. The summed E-state index contributed by atoms with van der Waals surface area (Å²) < 4.78 is 28.7. The van der Waals surface area contributed by atoms with Crippen LogP contribution in [-0.2, 0) is 4.79 Å². The van der Waals surface area contributed by atoms with Crippen LogP contribution in [0.3, 0.4) is 0 Å². The molecule has 8 heteroatoms. The predicted molar refractivity (Wildman–Crippen MR) is 103 cm³/mol. The number of anilines is 1. The number of hydrogen-bond acceptors (Lipinski definition) is 6. The third-order valence-corrected chi connectivity index (χ3v) is 5.60. The van der Waals surface area contributed by atoms with Gasteiger partial charge in [-0.3, -0.25) is 4.90 Å². The molecule has 4 rings (SSSR count). The Balaban J connectivity index is 1.38. The van der Waals surface area contributed by atoms with Crippen molar-refractivity contribution in [1.29, 1.82) is 5.26 Å². The van der Waals surface area contributed by atoms with Gasteiger partial charge in [-0.1, -0.05) is 0 Å². The van der Waals surface area contributed by atoms with Gasteiger partial charge in [0.05, 0.1) is 5.92 Å².